The van der Waals surface area contributed by atoms with Gasteiger partial charge >= 0.3 is 0 Å². The minimum Gasteiger partial charge on any atom is -0.316 e. The second kappa shape index (κ2) is 7.29. The first kappa shape index (κ1) is 14.0. The van der Waals surface area contributed by atoms with Crippen LogP contribution >= 0.6 is 0 Å². The van der Waals surface area contributed by atoms with Gasteiger partial charge in [0.05, 0.1) is 0 Å². The SMILES string of the molecule is CC(C)CNCCCN1CC(C)CC(C)C1. The summed E-state index contributed by atoms with van der Waals surface area (Å²) in [6, 6.07) is 0. The molecule has 2 heteroatoms. The van der Waals surface area contributed by atoms with Gasteiger partial charge in [-0.3, -0.25) is 0 Å². The number of nitrogens with one attached hydrogen (secondary N) is 1. The molecule has 1 saturated heterocycles. The van der Waals surface area contributed by atoms with Crippen LogP contribution in [0.2, 0.25) is 0 Å². The quantitative estimate of drug-likeness (QED) is 0.700. The minimum atomic E-state index is 0.773. The first-order chi connectivity index (χ1) is 7.58. The van der Waals surface area contributed by atoms with E-state index in [2.05, 4.69) is 37.9 Å². The van der Waals surface area contributed by atoms with Crippen molar-refractivity contribution < 1.29 is 0 Å². The molecule has 2 nitrogen and oxygen atoms in total. The van der Waals surface area contributed by atoms with Crippen molar-refractivity contribution in [3.8, 4) is 0 Å². The molecule has 1 aliphatic heterocycles. The fourth-order valence-corrected chi connectivity index (χ4v) is 2.79. The Hall–Kier alpha value is -0.0800. The van der Waals surface area contributed by atoms with Crippen LogP contribution in [-0.4, -0.2) is 37.6 Å². The molecule has 0 aliphatic carbocycles. The average molecular weight is 226 g/mol. The summed E-state index contributed by atoms with van der Waals surface area (Å²) in [6.45, 7) is 15.6. The summed E-state index contributed by atoms with van der Waals surface area (Å²) >= 11 is 0. The summed E-state index contributed by atoms with van der Waals surface area (Å²) in [6.07, 6.45) is 2.72. The van der Waals surface area contributed by atoms with Crippen LogP contribution in [0.15, 0.2) is 0 Å². The highest BCUT2D eigenvalue weighted by Crippen LogP contribution is 2.20. The topological polar surface area (TPSA) is 15.3 Å². The van der Waals surface area contributed by atoms with E-state index in [-0.39, 0.29) is 0 Å². The number of hydrogen-bond acceptors (Lipinski definition) is 2. The lowest BCUT2D eigenvalue weighted by atomic mass is 9.92. The van der Waals surface area contributed by atoms with Gasteiger partial charge in [0.2, 0.25) is 0 Å². The van der Waals surface area contributed by atoms with Crippen molar-refractivity contribution in [2.75, 3.05) is 32.7 Å². The summed E-state index contributed by atoms with van der Waals surface area (Å²) in [5.74, 6) is 2.56. The highest BCUT2D eigenvalue weighted by molar-refractivity contribution is 4.74. The molecule has 1 heterocycles. The molecule has 1 N–H and O–H groups in total. The van der Waals surface area contributed by atoms with Crippen molar-refractivity contribution in [2.45, 2.75) is 40.5 Å². The Morgan fingerprint density at radius 2 is 1.81 bits per heavy atom. The second-order valence-electron chi connectivity index (χ2n) is 6.16. The van der Waals surface area contributed by atoms with Gasteiger partial charge < -0.3 is 10.2 Å². The highest BCUT2D eigenvalue weighted by Gasteiger charge is 2.20. The normalized spacial score (nSPS) is 27.6. The maximum absolute atomic E-state index is 3.52. The van der Waals surface area contributed by atoms with Crippen LogP contribution in [0.5, 0.6) is 0 Å². The van der Waals surface area contributed by atoms with Gasteiger partial charge in [-0.15, -0.1) is 0 Å². The molecule has 1 aliphatic rings. The van der Waals surface area contributed by atoms with Crippen LogP contribution in [0, 0.1) is 17.8 Å². The lowest BCUT2D eigenvalue weighted by Crippen LogP contribution is -2.40. The molecule has 2 unspecified atom stereocenters. The van der Waals surface area contributed by atoms with Gasteiger partial charge in [0, 0.05) is 13.1 Å². The van der Waals surface area contributed by atoms with E-state index < -0.39 is 0 Å². The summed E-state index contributed by atoms with van der Waals surface area (Å²) in [5.41, 5.74) is 0. The zero-order valence-corrected chi connectivity index (χ0v) is 11.6. The van der Waals surface area contributed by atoms with Crippen LogP contribution in [0.1, 0.15) is 40.5 Å². The first-order valence-electron chi connectivity index (χ1n) is 7.01. The predicted molar refractivity (Wildman–Crippen MR) is 71.7 cm³/mol. The molecule has 16 heavy (non-hydrogen) atoms. The second-order valence-corrected chi connectivity index (χ2v) is 6.16. The van der Waals surface area contributed by atoms with Crippen LogP contribution < -0.4 is 5.32 Å². The minimum absolute atomic E-state index is 0.773. The molecular formula is C14H30N2. The van der Waals surface area contributed by atoms with Crippen molar-refractivity contribution in [3.63, 3.8) is 0 Å². The third kappa shape index (κ3) is 5.86. The van der Waals surface area contributed by atoms with Crippen LogP contribution in [0.25, 0.3) is 0 Å². The fourth-order valence-electron chi connectivity index (χ4n) is 2.79. The molecule has 0 saturated carbocycles. The number of hydrogen-bond donors (Lipinski definition) is 1. The molecule has 0 spiro atoms. The molecule has 1 fully saturated rings. The number of rotatable bonds is 6. The van der Waals surface area contributed by atoms with Gasteiger partial charge in [-0.25, -0.2) is 0 Å². The molecule has 0 bridgehead atoms. The lowest BCUT2D eigenvalue weighted by molar-refractivity contribution is 0.139. The van der Waals surface area contributed by atoms with E-state index in [4.69, 9.17) is 0 Å². The molecule has 0 aromatic rings. The number of nitrogens with zero attached hydrogens (tertiary/aromatic N) is 1. The summed E-state index contributed by atoms with van der Waals surface area (Å²) in [5, 5.41) is 3.52. The van der Waals surface area contributed by atoms with E-state index in [1.54, 1.807) is 0 Å². The van der Waals surface area contributed by atoms with Crippen LogP contribution in [-0.2, 0) is 0 Å². The van der Waals surface area contributed by atoms with Crippen molar-refractivity contribution in [3.05, 3.63) is 0 Å². The van der Waals surface area contributed by atoms with Gasteiger partial charge in [-0.1, -0.05) is 27.7 Å². The van der Waals surface area contributed by atoms with Gasteiger partial charge in [-0.05, 0) is 50.2 Å². The number of likely N-dealkylation sites (tertiary alicyclic amines) is 1. The van der Waals surface area contributed by atoms with Crippen LogP contribution in [0.3, 0.4) is 0 Å². The largest absolute Gasteiger partial charge is 0.316 e. The smallest absolute Gasteiger partial charge is 0.000725 e. The van der Waals surface area contributed by atoms with Gasteiger partial charge in [-0.2, -0.15) is 0 Å². The first-order valence-corrected chi connectivity index (χ1v) is 7.01. The van der Waals surface area contributed by atoms with E-state index >= 15 is 0 Å². The molecule has 0 aromatic carbocycles. The standard InChI is InChI=1S/C14H30N2/c1-12(2)9-15-6-5-7-16-10-13(3)8-14(4)11-16/h12-15H,5-11H2,1-4H3. The van der Waals surface area contributed by atoms with Gasteiger partial charge in [0.1, 0.15) is 0 Å². The summed E-state index contributed by atoms with van der Waals surface area (Å²) in [4.78, 5) is 2.65. The molecule has 2 atom stereocenters. The Morgan fingerprint density at radius 1 is 1.19 bits per heavy atom. The zero-order valence-electron chi connectivity index (χ0n) is 11.6. The number of piperidine rings is 1. The highest BCUT2D eigenvalue weighted by atomic mass is 15.1. The van der Waals surface area contributed by atoms with Crippen molar-refractivity contribution in [1.29, 1.82) is 0 Å². The molecule has 0 amide bonds. The zero-order chi connectivity index (χ0) is 12.0. The summed E-state index contributed by atoms with van der Waals surface area (Å²) < 4.78 is 0. The molecular weight excluding hydrogens is 196 g/mol. The van der Waals surface area contributed by atoms with Crippen LogP contribution in [0.4, 0.5) is 0 Å². The average Bonchev–Trinajstić information content (AvgIpc) is 2.15. The molecule has 1 rings (SSSR count). The predicted octanol–water partition coefficient (Wildman–Crippen LogP) is 2.60. The lowest BCUT2D eigenvalue weighted by Gasteiger charge is -2.35. The summed E-state index contributed by atoms with van der Waals surface area (Å²) in [7, 11) is 0. The van der Waals surface area contributed by atoms with Crippen molar-refractivity contribution in [1.82, 2.24) is 10.2 Å². The molecule has 96 valence electrons. The maximum Gasteiger partial charge on any atom is 0.000725 e. The Kier molecular flexibility index (Phi) is 6.37. The van der Waals surface area contributed by atoms with E-state index in [1.807, 2.05) is 0 Å². The van der Waals surface area contributed by atoms with E-state index in [1.165, 1.54) is 39.0 Å². The van der Waals surface area contributed by atoms with E-state index in [0.717, 1.165) is 24.3 Å². The Labute approximate surface area is 102 Å². The van der Waals surface area contributed by atoms with E-state index in [9.17, 15) is 0 Å². The fraction of sp³-hybridized carbons (Fsp3) is 1.00. The third-order valence-electron chi connectivity index (χ3n) is 3.32. The Balaban J connectivity index is 2.04. The van der Waals surface area contributed by atoms with Crippen molar-refractivity contribution in [2.24, 2.45) is 17.8 Å². The monoisotopic (exact) mass is 226 g/mol. The Bertz CT molecular complexity index is 170. The molecule has 0 aromatic heterocycles. The maximum atomic E-state index is 3.52. The molecule has 0 radical (unpaired) electrons. The third-order valence-corrected chi connectivity index (χ3v) is 3.32. The van der Waals surface area contributed by atoms with Gasteiger partial charge in [0.15, 0.2) is 0 Å². The van der Waals surface area contributed by atoms with Gasteiger partial charge in [0.25, 0.3) is 0 Å². The Morgan fingerprint density at radius 3 is 2.38 bits per heavy atom. The van der Waals surface area contributed by atoms with Crippen molar-refractivity contribution >= 4 is 0 Å². The van der Waals surface area contributed by atoms with E-state index in [0.29, 0.717) is 0 Å².